The summed E-state index contributed by atoms with van der Waals surface area (Å²) in [5.41, 5.74) is 3.03. The zero-order valence-electron chi connectivity index (χ0n) is 9.24. The molecule has 0 aliphatic carbocycles. The third-order valence-corrected chi connectivity index (χ3v) is 3.02. The number of aldehydes is 1. The van der Waals surface area contributed by atoms with Crippen LogP contribution in [-0.4, -0.2) is 6.29 Å². The van der Waals surface area contributed by atoms with Crippen LogP contribution >= 0.6 is 0 Å². The molecule has 1 aliphatic rings. The number of rotatable bonds is 3. The first kappa shape index (κ1) is 10.2. The molecule has 3 rings (SSSR count). The van der Waals surface area contributed by atoms with E-state index in [0.29, 0.717) is 5.56 Å². The second kappa shape index (κ2) is 4.15. The van der Waals surface area contributed by atoms with Crippen molar-refractivity contribution in [3.63, 3.8) is 0 Å². The monoisotopic (exact) mass is 224 g/mol. The predicted molar refractivity (Wildman–Crippen MR) is 64.8 cm³/mol. The Balaban J connectivity index is 1.78. The van der Waals surface area contributed by atoms with Crippen molar-refractivity contribution in [3.05, 3.63) is 71.3 Å². The minimum atomic E-state index is 0.137. The first-order valence-corrected chi connectivity index (χ1v) is 5.64. The molecule has 0 spiro atoms. The van der Waals surface area contributed by atoms with E-state index in [1.165, 1.54) is 5.56 Å². The number of ether oxygens (including phenoxy) is 1. The van der Waals surface area contributed by atoms with Crippen molar-refractivity contribution in [1.82, 2.24) is 0 Å². The molecule has 1 saturated heterocycles. The second-order valence-electron chi connectivity index (χ2n) is 4.17. The van der Waals surface area contributed by atoms with Gasteiger partial charge < -0.3 is 4.74 Å². The van der Waals surface area contributed by atoms with Gasteiger partial charge in [0.2, 0.25) is 0 Å². The lowest BCUT2D eigenvalue weighted by atomic mass is 10.0. The van der Waals surface area contributed by atoms with Crippen molar-refractivity contribution in [1.29, 1.82) is 0 Å². The molecule has 2 aromatic rings. The van der Waals surface area contributed by atoms with Crippen LogP contribution < -0.4 is 0 Å². The van der Waals surface area contributed by atoms with E-state index >= 15 is 0 Å². The summed E-state index contributed by atoms with van der Waals surface area (Å²) in [6.45, 7) is 0. The number of epoxide rings is 1. The predicted octanol–water partition coefficient (Wildman–Crippen LogP) is 3.31. The fraction of sp³-hybridized carbons (Fsp3) is 0.133. The SMILES string of the molecule is O=Cc1ccc(C2OC2c2ccccc2)cc1. The molecule has 2 unspecified atom stereocenters. The van der Waals surface area contributed by atoms with E-state index in [4.69, 9.17) is 4.74 Å². The highest BCUT2D eigenvalue weighted by atomic mass is 16.6. The Labute approximate surface area is 99.9 Å². The topological polar surface area (TPSA) is 29.6 Å². The average Bonchev–Trinajstić information content (AvgIpc) is 3.20. The molecular formula is C15H12O2. The highest BCUT2D eigenvalue weighted by molar-refractivity contribution is 5.74. The quantitative estimate of drug-likeness (QED) is 0.591. The van der Waals surface area contributed by atoms with Gasteiger partial charge in [0.15, 0.2) is 0 Å². The van der Waals surface area contributed by atoms with Gasteiger partial charge in [0, 0.05) is 5.56 Å². The average molecular weight is 224 g/mol. The molecule has 0 aromatic heterocycles. The number of benzene rings is 2. The van der Waals surface area contributed by atoms with Crippen molar-refractivity contribution in [2.24, 2.45) is 0 Å². The van der Waals surface area contributed by atoms with Gasteiger partial charge in [-0.1, -0.05) is 54.6 Å². The van der Waals surface area contributed by atoms with Crippen LogP contribution in [0.2, 0.25) is 0 Å². The molecule has 0 bridgehead atoms. The van der Waals surface area contributed by atoms with Crippen LogP contribution in [0.25, 0.3) is 0 Å². The molecule has 1 heterocycles. The van der Waals surface area contributed by atoms with Crippen LogP contribution in [0.3, 0.4) is 0 Å². The number of hydrogen-bond donors (Lipinski definition) is 0. The van der Waals surface area contributed by atoms with Gasteiger partial charge in [-0.2, -0.15) is 0 Å². The summed E-state index contributed by atoms with van der Waals surface area (Å²) in [4.78, 5) is 10.6. The van der Waals surface area contributed by atoms with E-state index < -0.39 is 0 Å². The Morgan fingerprint density at radius 3 is 2.00 bits per heavy atom. The molecule has 2 heteroatoms. The van der Waals surface area contributed by atoms with Crippen molar-refractivity contribution in [2.75, 3.05) is 0 Å². The Bertz CT molecular complexity index is 516. The molecule has 0 radical (unpaired) electrons. The molecule has 2 nitrogen and oxygen atoms in total. The Kier molecular flexibility index (Phi) is 2.50. The van der Waals surface area contributed by atoms with E-state index in [1.807, 2.05) is 42.5 Å². The summed E-state index contributed by atoms with van der Waals surface area (Å²) in [5.74, 6) is 0. The highest BCUT2D eigenvalue weighted by Crippen LogP contribution is 2.50. The molecule has 2 atom stereocenters. The minimum Gasteiger partial charge on any atom is -0.359 e. The summed E-state index contributed by atoms with van der Waals surface area (Å²) in [6.07, 6.45) is 1.16. The molecule has 1 fully saturated rings. The smallest absolute Gasteiger partial charge is 0.150 e. The number of carbonyl (C=O) groups excluding carboxylic acids is 1. The van der Waals surface area contributed by atoms with Gasteiger partial charge in [0.05, 0.1) is 0 Å². The lowest BCUT2D eigenvalue weighted by Gasteiger charge is -1.97. The summed E-state index contributed by atoms with van der Waals surface area (Å²) < 4.78 is 5.67. The first-order valence-electron chi connectivity index (χ1n) is 5.64. The minimum absolute atomic E-state index is 0.137. The third kappa shape index (κ3) is 1.99. The summed E-state index contributed by atoms with van der Waals surface area (Å²) in [6, 6.07) is 17.7. The molecule has 2 aromatic carbocycles. The van der Waals surface area contributed by atoms with Crippen molar-refractivity contribution >= 4 is 6.29 Å². The van der Waals surface area contributed by atoms with Crippen LogP contribution in [0.15, 0.2) is 54.6 Å². The van der Waals surface area contributed by atoms with Gasteiger partial charge >= 0.3 is 0 Å². The summed E-state index contributed by atoms with van der Waals surface area (Å²) in [7, 11) is 0. The first-order chi connectivity index (χ1) is 8.38. The third-order valence-electron chi connectivity index (χ3n) is 3.02. The molecule has 0 saturated carbocycles. The fourth-order valence-electron chi connectivity index (χ4n) is 2.03. The van der Waals surface area contributed by atoms with Crippen LogP contribution in [0, 0.1) is 0 Å². The summed E-state index contributed by atoms with van der Waals surface area (Å²) >= 11 is 0. The van der Waals surface area contributed by atoms with Crippen LogP contribution in [0.1, 0.15) is 33.7 Å². The van der Waals surface area contributed by atoms with E-state index in [9.17, 15) is 4.79 Å². The molecule has 84 valence electrons. The zero-order valence-corrected chi connectivity index (χ0v) is 9.24. The van der Waals surface area contributed by atoms with Gasteiger partial charge in [-0.15, -0.1) is 0 Å². The van der Waals surface area contributed by atoms with Gasteiger partial charge in [0.25, 0.3) is 0 Å². The van der Waals surface area contributed by atoms with E-state index in [2.05, 4.69) is 12.1 Å². The molecule has 17 heavy (non-hydrogen) atoms. The van der Waals surface area contributed by atoms with Crippen molar-refractivity contribution < 1.29 is 9.53 Å². The lowest BCUT2D eigenvalue weighted by Crippen LogP contribution is -1.85. The largest absolute Gasteiger partial charge is 0.359 e. The Morgan fingerprint density at radius 2 is 1.41 bits per heavy atom. The second-order valence-corrected chi connectivity index (χ2v) is 4.17. The molecule has 1 aliphatic heterocycles. The fourth-order valence-corrected chi connectivity index (χ4v) is 2.03. The van der Waals surface area contributed by atoms with Crippen LogP contribution in [-0.2, 0) is 4.74 Å². The lowest BCUT2D eigenvalue weighted by molar-refractivity contribution is 0.112. The van der Waals surface area contributed by atoms with Crippen LogP contribution in [0.4, 0.5) is 0 Å². The maximum atomic E-state index is 10.6. The van der Waals surface area contributed by atoms with Crippen molar-refractivity contribution in [3.8, 4) is 0 Å². The highest BCUT2D eigenvalue weighted by Gasteiger charge is 2.41. The van der Waals surface area contributed by atoms with E-state index in [1.54, 1.807) is 0 Å². The summed E-state index contributed by atoms with van der Waals surface area (Å²) in [5, 5.41) is 0. The Hall–Kier alpha value is -1.93. The normalized spacial score (nSPS) is 22.1. The van der Waals surface area contributed by atoms with E-state index in [0.717, 1.165) is 11.8 Å². The van der Waals surface area contributed by atoms with Gasteiger partial charge in [0.1, 0.15) is 18.5 Å². The number of carbonyl (C=O) groups is 1. The molecule has 0 N–H and O–H groups in total. The van der Waals surface area contributed by atoms with Gasteiger partial charge in [-0.05, 0) is 11.1 Å². The standard InChI is InChI=1S/C15H12O2/c16-10-11-6-8-13(9-7-11)15-14(17-15)12-4-2-1-3-5-12/h1-10,14-15H. The van der Waals surface area contributed by atoms with Gasteiger partial charge in [-0.25, -0.2) is 0 Å². The molecule has 0 amide bonds. The number of hydrogen-bond acceptors (Lipinski definition) is 2. The maximum Gasteiger partial charge on any atom is 0.150 e. The van der Waals surface area contributed by atoms with E-state index in [-0.39, 0.29) is 12.2 Å². The molecular weight excluding hydrogens is 212 g/mol. The van der Waals surface area contributed by atoms with Gasteiger partial charge in [-0.3, -0.25) is 4.79 Å². The van der Waals surface area contributed by atoms with Crippen molar-refractivity contribution in [2.45, 2.75) is 12.2 Å². The zero-order chi connectivity index (χ0) is 11.7. The Morgan fingerprint density at radius 1 is 0.824 bits per heavy atom. The maximum absolute atomic E-state index is 10.6. The van der Waals surface area contributed by atoms with Crippen LogP contribution in [0.5, 0.6) is 0 Å².